The number of aromatic hydroxyl groups is 1. The highest BCUT2D eigenvalue weighted by molar-refractivity contribution is 6.31. The second-order valence-corrected chi connectivity index (χ2v) is 8.04. The van der Waals surface area contributed by atoms with Gasteiger partial charge in [0.05, 0.1) is 0 Å². The van der Waals surface area contributed by atoms with Crippen LogP contribution in [0, 0.1) is 5.92 Å². The Kier molecular flexibility index (Phi) is 5.36. The summed E-state index contributed by atoms with van der Waals surface area (Å²) < 4.78 is 10.9. The molecule has 1 N–H and O–H groups in total. The molecule has 1 saturated heterocycles. The van der Waals surface area contributed by atoms with Crippen LogP contribution in [-0.4, -0.2) is 35.8 Å². The van der Waals surface area contributed by atoms with Crippen LogP contribution >= 0.6 is 11.6 Å². The monoisotopic (exact) mass is 401 g/mol. The number of halogens is 1. The largest absolute Gasteiger partial charge is 0.508 e. The van der Waals surface area contributed by atoms with Gasteiger partial charge in [-0.15, -0.1) is 0 Å². The minimum atomic E-state index is -0.368. The maximum absolute atomic E-state index is 13.1. The molecule has 2 aliphatic rings. The van der Waals surface area contributed by atoms with Crippen molar-refractivity contribution in [2.24, 2.45) is 5.92 Å². The number of hydrogen-bond donors (Lipinski definition) is 1. The molecule has 2 aromatic rings. The molecule has 0 aliphatic carbocycles. The summed E-state index contributed by atoms with van der Waals surface area (Å²) in [6.07, 6.45) is 2.42. The van der Waals surface area contributed by atoms with Gasteiger partial charge in [-0.2, -0.15) is 0 Å². The molecule has 0 saturated carbocycles. The molecule has 2 unspecified atom stereocenters. The van der Waals surface area contributed by atoms with Crippen molar-refractivity contribution in [3.05, 3.63) is 52.5 Å². The highest BCUT2D eigenvalue weighted by atomic mass is 35.5. The van der Waals surface area contributed by atoms with E-state index in [1.807, 2.05) is 23.1 Å². The average molecular weight is 402 g/mol. The molecule has 4 rings (SSSR count). The summed E-state index contributed by atoms with van der Waals surface area (Å²) in [5.74, 6) is 1.64. The number of carbonyl (C=O) groups is 1. The van der Waals surface area contributed by atoms with Crippen LogP contribution in [0.3, 0.4) is 0 Å². The molecule has 5 nitrogen and oxygen atoms in total. The number of ether oxygens (including phenoxy) is 2. The van der Waals surface area contributed by atoms with E-state index >= 15 is 0 Å². The lowest BCUT2D eigenvalue weighted by Gasteiger charge is -2.32. The van der Waals surface area contributed by atoms with Crippen molar-refractivity contribution >= 4 is 17.5 Å². The molecule has 2 aliphatic heterocycles. The van der Waals surface area contributed by atoms with Crippen LogP contribution in [0.25, 0.3) is 0 Å². The maximum Gasteiger partial charge on any atom is 0.231 e. The van der Waals surface area contributed by atoms with Gasteiger partial charge in [0.15, 0.2) is 11.5 Å². The van der Waals surface area contributed by atoms with Crippen molar-refractivity contribution in [2.75, 3.05) is 19.9 Å². The molecule has 6 heteroatoms. The predicted molar refractivity (Wildman–Crippen MR) is 107 cm³/mol. The zero-order valence-electron chi connectivity index (χ0n) is 15.9. The number of phenolic OH excluding ortho intramolecular Hbond substituents is 1. The Labute approximate surface area is 169 Å². The van der Waals surface area contributed by atoms with Gasteiger partial charge in [-0.3, -0.25) is 4.79 Å². The first kappa shape index (κ1) is 18.9. The number of rotatable bonds is 4. The van der Waals surface area contributed by atoms with E-state index in [1.165, 1.54) is 0 Å². The van der Waals surface area contributed by atoms with Gasteiger partial charge in [-0.05, 0) is 48.6 Å². The van der Waals surface area contributed by atoms with Crippen LogP contribution in [0.15, 0.2) is 36.4 Å². The minimum absolute atomic E-state index is 0.0773. The summed E-state index contributed by atoms with van der Waals surface area (Å²) in [5, 5.41) is 11.0. The second kappa shape index (κ2) is 7.92. The van der Waals surface area contributed by atoms with Gasteiger partial charge in [0.1, 0.15) is 5.75 Å². The minimum Gasteiger partial charge on any atom is -0.508 e. The first-order chi connectivity index (χ1) is 13.5. The Morgan fingerprint density at radius 3 is 2.89 bits per heavy atom. The molecular formula is C22H24ClNO4. The van der Waals surface area contributed by atoms with Crippen LogP contribution in [0.4, 0.5) is 0 Å². The van der Waals surface area contributed by atoms with E-state index < -0.39 is 0 Å². The fraction of sp³-hybridized carbons (Fsp3) is 0.409. The summed E-state index contributed by atoms with van der Waals surface area (Å²) in [7, 11) is 0. The number of piperidine rings is 1. The molecule has 0 spiro atoms. The lowest BCUT2D eigenvalue weighted by Crippen LogP contribution is -2.39. The number of phenols is 1. The third kappa shape index (κ3) is 3.76. The Bertz CT molecular complexity index is 865. The number of fused-ring (bicyclic) bond motifs is 1. The first-order valence-electron chi connectivity index (χ1n) is 9.67. The van der Waals surface area contributed by atoms with E-state index in [0.29, 0.717) is 28.0 Å². The highest BCUT2D eigenvalue weighted by Crippen LogP contribution is 2.42. The summed E-state index contributed by atoms with van der Waals surface area (Å²) in [4.78, 5) is 15.0. The summed E-state index contributed by atoms with van der Waals surface area (Å²) in [6, 6.07) is 10.7. The van der Waals surface area contributed by atoms with Crippen molar-refractivity contribution in [3.63, 3.8) is 0 Å². The van der Waals surface area contributed by atoms with Crippen LogP contribution in [0.2, 0.25) is 5.02 Å². The smallest absolute Gasteiger partial charge is 0.231 e. The molecule has 0 bridgehead atoms. The van der Waals surface area contributed by atoms with E-state index in [0.717, 1.165) is 31.5 Å². The summed E-state index contributed by atoms with van der Waals surface area (Å²) >= 11 is 6.44. The van der Waals surface area contributed by atoms with Gasteiger partial charge in [0, 0.05) is 36.0 Å². The Hall–Kier alpha value is -2.40. The van der Waals surface area contributed by atoms with Crippen molar-refractivity contribution in [2.45, 2.75) is 32.1 Å². The van der Waals surface area contributed by atoms with Gasteiger partial charge in [0.2, 0.25) is 12.7 Å². The number of carbonyl (C=O) groups excluding carboxylic acids is 1. The first-order valence-corrected chi connectivity index (χ1v) is 10.1. The number of likely N-dealkylation sites (tertiary alicyclic amines) is 1. The fourth-order valence-electron chi connectivity index (χ4n) is 4.11. The van der Waals surface area contributed by atoms with E-state index in [-0.39, 0.29) is 30.8 Å². The van der Waals surface area contributed by atoms with Crippen LogP contribution < -0.4 is 9.47 Å². The lowest BCUT2D eigenvalue weighted by atomic mass is 9.86. The SMILES string of the molecule is CC1CCCN(C(=O)CC(c2ccc3c(c2)OCO3)c2c(O)cccc2Cl)C1. The van der Waals surface area contributed by atoms with Gasteiger partial charge in [-0.25, -0.2) is 0 Å². The van der Waals surface area contributed by atoms with Gasteiger partial charge in [-0.1, -0.05) is 30.7 Å². The van der Waals surface area contributed by atoms with Crippen molar-refractivity contribution in [1.29, 1.82) is 0 Å². The van der Waals surface area contributed by atoms with E-state index in [9.17, 15) is 9.90 Å². The quantitative estimate of drug-likeness (QED) is 0.816. The summed E-state index contributed by atoms with van der Waals surface area (Å²) in [6.45, 7) is 3.92. The van der Waals surface area contributed by atoms with Crippen LogP contribution in [-0.2, 0) is 4.79 Å². The molecule has 2 atom stereocenters. The predicted octanol–water partition coefficient (Wildman–Crippen LogP) is 4.55. The van der Waals surface area contributed by atoms with Crippen LogP contribution in [0.5, 0.6) is 17.2 Å². The average Bonchev–Trinajstić information content (AvgIpc) is 3.14. The molecule has 0 aromatic heterocycles. The molecule has 2 aromatic carbocycles. The Balaban J connectivity index is 1.68. The topological polar surface area (TPSA) is 59.0 Å². The second-order valence-electron chi connectivity index (χ2n) is 7.63. The molecule has 0 radical (unpaired) electrons. The van der Waals surface area contributed by atoms with Crippen molar-refractivity contribution in [3.8, 4) is 17.2 Å². The van der Waals surface area contributed by atoms with Gasteiger partial charge >= 0.3 is 0 Å². The van der Waals surface area contributed by atoms with E-state index in [4.69, 9.17) is 21.1 Å². The van der Waals surface area contributed by atoms with E-state index in [1.54, 1.807) is 18.2 Å². The Morgan fingerprint density at radius 2 is 2.11 bits per heavy atom. The molecule has 28 heavy (non-hydrogen) atoms. The van der Waals surface area contributed by atoms with Crippen LogP contribution in [0.1, 0.15) is 43.2 Å². The molecular weight excluding hydrogens is 378 g/mol. The lowest BCUT2D eigenvalue weighted by molar-refractivity contribution is -0.133. The van der Waals surface area contributed by atoms with Gasteiger partial charge < -0.3 is 19.5 Å². The van der Waals surface area contributed by atoms with Gasteiger partial charge in [0.25, 0.3) is 0 Å². The molecule has 2 heterocycles. The third-order valence-corrected chi connectivity index (χ3v) is 5.90. The normalized spacial score (nSPS) is 19.5. The van der Waals surface area contributed by atoms with E-state index in [2.05, 4.69) is 6.92 Å². The number of benzene rings is 2. The zero-order chi connectivity index (χ0) is 19.7. The highest BCUT2D eigenvalue weighted by Gasteiger charge is 2.29. The maximum atomic E-state index is 13.1. The zero-order valence-corrected chi connectivity index (χ0v) is 16.6. The fourth-order valence-corrected chi connectivity index (χ4v) is 4.41. The molecule has 148 valence electrons. The standard InChI is InChI=1S/C22H24ClNO4/c1-14-4-3-9-24(12-14)21(26)11-16(22-17(23)5-2-6-18(22)25)15-7-8-19-20(10-15)28-13-27-19/h2,5-8,10,14,16,25H,3-4,9,11-13H2,1H3. The van der Waals surface area contributed by atoms with Crippen molar-refractivity contribution < 1.29 is 19.4 Å². The molecule has 1 fully saturated rings. The summed E-state index contributed by atoms with van der Waals surface area (Å²) in [5.41, 5.74) is 1.44. The molecule has 1 amide bonds. The number of nitrogens with zero attached hydrogens (tertiary/aromatic N) is 1. The third-order valence-electron chi connectivity index (χ3n) is 5.57. The number of hydrogen-bond acceptors (Lipinski definition) is 4. The van der Waals surface area contributed by atoms with Crippen molar-refractivity contribution in [1.82, 2.24) is 4.90 Å². The number of amides is 1. The Morgan fingerprint density at radius 1 is 1.29 bits per heavy atom.